The molecule has 0 aromatic carbocycles. The number of alkyl carbamates (subject to hydrolysis) is 1. The highest BCUT2D eigenvalue weighted by molar-refractivity contribution is 5.67. The molecule has 0 heterocycles. The van der Waals surface area contributed by atoms with E-state index in [1.54, 1.807) is 0 Å². The minimum absolute atomic E-state index is 0.198. The molecule has 5 heteroatoms. The molecule has 94 valence electrons. The van der Waals surface area contributed by atoms with Crippen molar-refractivity contribution in [3.63, 3.8) is 0 Å². The second kappa shape index (κ2) is 5.01. The fraction of sp³-hybridized carbons (Fsp3) is 0.909. The van der Waals surface area contributed by atoms with Crippen LogP contribution in [0.15, 0.2) is 0 Å². The number of rotatable bonds is 5. The first-order valence-electron chi connectivity index (χ1n) is 5.65. The maximum atomic E-state index is 11.3. The molecule has 1 fully saturated rings. The second-order valence-electron chi connectivity index (χ2n) is 5.49. The number of nitrogens with two attached hydrogens (primary N) is 1. The van der Waals surface area contributed by atoms with Crippen molar-refractivity contribution in [3.05, 3.63) is 0 Å². The molecule has 1 aliphatic carbocycles. The lowest BCUT2D eigenvalue weighted by molar-refractivity contribution is 0.0511. The van der Waals surface area contributed by atoms with Gasteiger partial charge in [-0.15, -0.1) is 0 Å². The van der Waals surface area contributed by atoms with Gasteiger partial charge in [0.15, 0.2) is 0 Å². The van der Waals surface area contributed by atoms with Crippen LogP contribution in [0.25, 0.3) is 0 Å². The molecule has 16 heavy (non-hydrogen) atoms. The Balaban J connectivity index is 2.14. The van der Waals surface area contributed by atoms with Crippen LogP contribution in [0.3, 0.4) is 0 Å². The molecule has 0 unspecified atom stereocenters. The zero-order chi connectivity index (χ0) is 12.2. The maximum absolute atomic E-state index is 11.3. The average Bonchev–Trinajstić information content (AvgIpc) is 2.82. The highest BCUT2D eigenvalue weighted by Crippen LogP contribution is 2.48. The van der Waals surface area contributed by atoms with Crippen LogP contribution in [0.2, 0.25) is 0 Å². The normalized spacial score (nSPS) is 18.0. The van der Waals surface area contributed by atoms with Crippen molar-refractivity contribution in [2.45, 2.75) is 45.6 Å². The van der Waals surface area contributed by atoms with Gasteiger partial charge in [0.2, 0.25) is 0 Å². The van der Waals surface area contributed by atoms with Crippen LogP contribution in [0.4, 0.5) is 4.79 Å². The van der Waals surface area contributed by atoms with Gasteiger partial charge in [-0.25, -0.2) is 10.7 Å². The Morgan fingerprint density at radius 1 is 1.44 bits per heavy atom. The summed E-state index contributed by atoms with van der Waals surface area (Å²) in [7, 11) is 0. The molecule has 1 saturated carbocycles. The summed E-state index contributed by atoms with van der Waals surface area (Å²) in [6.45, 7) is 6.72. The molecule has 0 saturated heterocycles. The van der Waals surface area contributed by atoms with E-state index in [4.69, 9.17) is 10.6 Å². The Bertz CT molecular complexity index is 244. The molecule has 0 aliphatic heterocycles. The van der Waals surface area contributed by atoms with Gasteiger partial charge in [-0.05, 0) is 45.4 Å². The largest absolute Gasteiger partial charge is 0.444 e. The van der Waals surface area contributed by atoms with Crippen LogP contribution in [0.5, 0.6) is 0 Å². The van der Waals surface area contributed by atoms with Gasteiger partial charge in [0, 0.05) is 6.54 Å². The molecular weight excluding hydrogens is 208 g/mol. The summed E-state index contributed by atoms with van der Waals surface area (Å²) in [5, 5.41) is 2.74. The fourth-order valence-electron chi connectivity index (χ4n) is 1.56. The number of amides is 1. The number of carbonyl (C=O) groups is 1. The van der Waals surface area contributed by atoms with Crippen LogP contribution in [0.1, 0.15) is 40.0 Å². The molecule has 0 spiro atoms. The Morgan fingerprint density at radius 2 is 2.06 bits per heavy atom. The van der Waals surface area contributed by atoms with E-state index in [2.05, 4.69) is 10.2 Å². The standard InChI is InChI=1S/C11H22N2O3/c1-10(2,3)16-9(14)13-7-6-11(4-5-11)8-15-12/h4-8,12H2,1-3H3,(H,13,14). The van der Waals surface area contributed by atoms with Crippen molar-refractivity contribution >= 4 is 6.09 Å². The Kier molecular flexibility index (Phi) is 4.15. The molecule has 1 aliphatic rings. The van der Waals surface area contributed by atoms with E-state index >= 15 is 0 Å². The van der Waals surface area contributed by atoms with Crippen LogP contribution in [-0.2, 0) is 9.57 Å². The average molecular weight is 230 g/mol. The number of carbonyl (C=O) groups excluding carboxylic acids is 1. The Morgan fingerprint density at radius 3 is 2.50 bits per heavy atom. The zero-order valence-electron chi connectivity index (χ0n) is 10.3. The Hall–Kier alpha value is -0.810. The number of hydrogen-bond acceptors (Lipinski definition) is 4. The summed E-state index contributed by atoms with van der Waals surface area (Å²) < 4.78 is 5.13. The van der Waals surface area contributed by atoms with Crippen molar-refractivity contribution in [1.82, 2.24) is 5.32 Å². The summed E-state index contributed by atoms with van der Waals surface area (Å²) in [5.74, 6) is 5.06. The van der Waals surface area contributed by atoms with Gasteiger partial charge in [0.25, 0.3) is 0 Å². The van der Waals surface area contributed by atoms with Gasteiger partial charge in [-0.2, -0.15) is 0 Å². The van der Waals surface area contributed by atoms with Crippen molar-refractivity contribution in [1.29, 1.82) is 0 Å². The third-order valence-electron chi connectivity index (χ3n) is 2.67. The molecule has 1 rings (SSSR count). The predicted octanol–water partition coefficient (Wildman–Crippen LogP) is 1.57. The summed E-state index contributed by atoms with van der Waals surface area (Å²) in [6, 6.07) is 0. The Labute approximate surface area is 96.6 Å². The van der Waals surface area contributed by atoms with Gasteiger partial charge >= 0.3 is 6.09 Å². The van der Waals surface area contributed by atoms with E-state index in [1.807, 2.05) is 20.8 Å². The second-order valence-corrected chi connectivity index (χ2v) is 5.49. The van der Waals surface area contributed by atoms with Crippen molar-refractivity contribution in [3.8, 4) is 0 Å². The SMILES string of the molecule is CC(C)(C)OC(=O)NCCC1(CON)CC1. The van der Waals surface area contributed by atoms with Crippen molar-refractivity contribution < 1.29 is 14.4 Å². The molecule has 0 aromatic heterocycles. The topological polar surface area (TPSA) is 73.6 Å². The highest BCUT2D eigenvalue weighted by Gasteiger charge is 2.42. The first kappa shape index (κ1) is 13.3. The fourth-order valence-corrected chi connectivity index (χ4v) is 1.56. The quantitative estimate of drug-likeness (QED) is 0.703. The zero-order valence-corrected chi connectivity index (χ0v) is 10.3. The van der Waals surface area contributed by atoms with Gasteiger partial charge < -0.3 is 14.9 Å². The van der Waals surface area contributed by atoms with E-state index in [9.17, 15) is 4.79 Å². The van der Waals surface area contributed by atoms with Crippen LogP contribution in [0, 0.1) is 5.41 Å². The minimum Gasteiger partial charge on any atom is -0.444 e. The van der Waals surface area contributed by atoms with E-state index < -0.39 is 5.60 Å². The first-order valence-corrected chi connectivity index (χ1v) is 5.65. The van der Waals surface area contributed by atoms with Crippen LogP contribution in [-0.4, -0.2) is 24.8 Å². The van der Waals surface area contributed by atoms with E-state index in [-0.39, 0.29) is 11.5 Å². The minimum atomic E-state index is -0.443. The highest BCUT2D eigenvalue weighted by atomic mass is 16.6. The molecule has 1 amide bonds. The molecule has 0 bridgehead atoms. The monoisotopic (exact) mass is 230 g/mol. The van der Waals surface area contributed by atoms with Crippen LogP contribution < -0.4 is 11.2 Å². The number of ether oxygens (including phenoxy) is 1. The lowest BCUT2D eigenvalue weighted by Crippen LogP contribution is -2.34. The molecule has 5 nitrogen and oxygen atoms in total. The van der Waals surface area contributed by atoms with Crippen molar-refractivity contribution in [2.75, 3.05) is 13.2 Å². The van der Waals surface area contributed by atoms with Crippen molar-refractivity contribution in [2.24, 2.45) is 11.3 Å². The lowest BCUT2D eigenvalue weighted by atomic mass is 10.0. The maximum Gasteiger partial charge on any atom is 0.407 e. The van der Waals surface area contributed by atoms with E-state index in [1.165, 1.54) is 0 Å². The molecular formula is C11H22N2O3. The van der Waals surface area contributed by atoms with E-state index in [0.29, 0.717) is 13.2 Å². The molecule has 0 aromatic rings. The van der Waals surface area contributed by atoms with Crippen LogP contribution >= 0.6 is 0 Å². The number of hydrogen-bond donors (Lipinski definition) is 2. The molecule has 3 N–H and O–H groups in total. The summed E-state index contributed by atoms with van der Waals surface area (Å²) in [6.07, 6.45) is 2.78. The van der Waals surface area contributed by atoms with Gasteiger partial charge in [0.05, 0.1) is 6.61 Å². The third-order valence-corrected chi connectivity index (χ3v) is 2.67. The summed E-state index contributed by atoms with van der Waals surface area (Å²) in [5.41, 5.74) is -0.245. The van der Waals surface area contributed by atoms with Gasteiger partial charge in [-0.1, -0.05) is 0 Å². The third kappa shape index (κ3) is 4.81. The smallest absolute Gasteiger partial charge is 0.407 e. The summed E-state index contributed by atoms with van der Waals surface area (Å²) >= 11 is 0. The van der Waals surface area contributed by atoms with Gasteiger partial charge in [0.1, 0.15) is 5.60 Å². The first-order chi connectivity index (χ1) is 7.37. The van der Waals surface area contributed by atoms with E-state index in [0.717, 1.165) is 19.3 Å². The predicted molar refractivity (Wildman–Crippen MR) is 60.7 cm³/mol. The lowest BCUT2D eigenvalue weighted by Gasteiger charge is -2.20. The number of nitrogens with one attached hydrogen (secondary N) is 1. The summed E-state index contributed by atoms with van der Waals surface area (Å²) in [4.78, 5) is 16.0. The molecule has 0 radical (unpaired) electrons. The molecule has 0 atom stereocenters. The van der Waals surface area contributed by atoms with Gasteiger partial charge in [-0.3, -0.25) is 0 Å².